The highest BCUT2D eigenvalue weighted by molar-refractivity contribution is 5.95. The zero-order valence-corrected chi connectivity index (χ0v) is 8.68. The maximum absolute atomic E-state index is 11.7. The van der Waals surface area contributed by atoms with Gasteiger partial charge in [0.05, 0.1) is 12.9 Å². The van der Waals surface area contributed by atoms with Crippen molar-refractivity contribution in [3.63, 3.8) is 0 Å². The lowest BCUT2D eigenvalue weighted by atomic mass is 10.2. The van der Waals surface area contributed by atoms with Gasteiger partial charge in [-0.15, -0.1) is 0 Å². The van der Waals surface area contributed by atoms with E-state index in [0.29, 0.717) is 18.8 Å². The molecule has 0 saturated carbocycles. The average Bonchev–Trinajstić information content (AvgIpc) is 2.38. The minimum atomic E-state index is -0.122. The first-order chi connectivity index (χ1) is 7.86. The number of amides is 1. The Morgan fingerprint density at radius 1 is 1.44 bits per heavy atom. The number of nitrogens with zero attached hydrogens (tertiary/aromatic N) is 2. The average molecular weight is 216 g/mol. The fourth-order valence-electron chi connectivity index (χ4n) is 1.31. The molecular formula is C11H12N4O. The van der Waals surface area contributed by atoms with Crippen LogP contribution in [0.5, 0.6) is 0 Å². The smallest absolute Gasteiger partial charge is 0.267 e. The van der Waals surface area contributed by atoms with Gasteiger partial charge in [-0.2, -0.15) is 0 Å². The predicted molar refractivity (Wildman–Crippen MR) is 60.7 cm³/mol. The summed E-state index contributed by atoms with van der Waals surface area (Å²) in [5.41, 5.74) is 1.57. The molecule has 0 radical (unpaired) electrons. The summed E-state index contributed by atoms with van der Waals surface area (Å²) in [6.07, 6.45) is 6.68. The summed E-state index contributed by atoms with van der Waals surface area (Å²) in [6.45, 7) is 1.04. The molecule has 0 fully saturated rings. The Morgan fingerprint density at radius 2 is 2.25 bits per heavy atom. The Balaban J connectivity index is 1.87. The van der Waals surface area contributed by atoms with Crippen LogP contribution >= 0.6 is 0 Å². The monoisotopic (exact) mass is 216 g/mol. The summed E-state index contributed by atoms with van der Waals surface area (Å²) in [5.74, 6) is -0.122. The zero-order valence-electron chi connectivity index (χ0n) is 8.68. The minimum Gasteiger partial charge on any atom is -0.347 e. The molecule has 0 unspecified atom stereocenters. The largest absolute Gasteiger partial charge is 0.347 e. The molecule has 0 saturated heterocycles. The van der Waals surface area contributed by atoms with E-state index >= 15 is 0 Å². The minimum absolute atomic E-state index is 0.122. The highest BCUT2D eigenvalue weighted by Gasteiger charge is 2.08. The van der Waals surface area contributed by atoms with Crippen LogP contribution in [0.3, 0.4) is 0 Å². The van der Waals surface area contributed by atoms with Crippen LogP contribution in [-0.4, -0.2) is 23.8 Å². The Morgan fingerprint density at radius 3 is 2.94 bits per heavy atom. The molecule has 2 rings (SSSR count). The summed E-state index contributed by atoms with van der Waals surface area (Å²) in [6, 6.07) is 3.73. The maximum Gasteiger partial charge on any atom is 0.267 e. The van der Waals surface area contributed by atoms with Gasteiger partial charge in [-0.25, -0.2) is 0 Å². The molecule has 2 heterocycles. The molecule has 16 heavy (non-hydrogen) atoms. The third kappa shape index (κ3) is 2.66. The Bertz CT molecular complexity index is 425. The number of aromatic nitrogens is 1. The number of rotatable bonds is 3. The molecule has 1 aromatic rings. The van der Waals surface area contributed by atoms with Crippen molar-refractivity contribution >= 4 is 12.2 Å². The van der Waals surface area contributed by atoms with Gasteiger partial charge >= 0.3 is 0 Å². The maximum atomic E-state index is 11.7. The van der Waals surface area contributed by atoms with Crippen LogP contribution < -0.4 is 10.6 Å². The van der Waals surface area contributed by atoms with E-state index in [1.807, 2.05) is 12.1 Å². The van der Waals surface area contributed by atoms with Crippen molar-refractivity contribution in [1.82, 2.24) is 15.6 Å². The Kier molecular flexibility index (Phi) is 3.28. The van der Waals surface area contributed by atoms with E-state index in [1.54, 1.807) is 18.5 Å². The topological polar surface area (TPSA) is 66.4 Å². The van der Waals surface area contributed by atoms with Crippen molar-refractivity contribution in [2.24, 2.45) is 4.99 Å². The van der Waals surface area contributed by atoms with Gasteiger partial charge < -0.3 is 10.6 Å². The van der Waals surface area contributed by atoms with Crippen molar-refractivity contribution in [3.8, 4) is 0 Å². The molecule has 0 atom stereocenters. The molecule has 1 amide bonds. The van der Waals surface area contributed by atoms with Crippen LogP contribution in [0.2, 0.25) is 0 Å². The standard InChI is InChI=1S/C11H12N4O/c16-11(10-3-6-13-8-15-10)14-7-9-1-4-12-5-2-9/h1-5,8H,6-7H2,(H,13,15)(H,14,16). The van der Waals surface area contributed by atoms with Gasteiger partial charge in [-0.05, 0) is 23.8 Å². The van der Waals surface area contributed by atoms with E-state index in [9.17, 15) is 4.79 Å². The first-order valence-corrected chi connectivity index (χ1v) is 4.98. The third-order valence-electron chi connectivity index (χ3n) is 2.16. The van der Waals surface area contributed by atoms with Gasteiger partial charge in [0.2, 0.25) is 0 Å². The summed E-state index contributed by atoms with van der Waals surface area (Å²) >= 11 is 0. The summed E-state index contributed by atoms with van der Waals surface area (Å²) < 4.78 is 0. The van der Waals surface area contributed by atoms with E-state index in [4.69, 9.17) is 0 Å². The second-order valence-corrected chi connectivity index (χ2v) is 3.29. The normalized spacial score (nSPS) is 13.9. The van der Waals surface area contributed by atoms with Gasteiger partial charge in [0, 0.05) is 18.9 Å². The molecule has 5 heteroatoms. The molecule has 0 bridgehead atoms. The Labute approximate surface area is 93.3 Å². The van der Waals surface area contributed by atoms with Crippen LogP contribution in [0.15, 0.2) is 41.3 Å². The number of nitrogens with one attached hydrogen (secondary N) is 2. The second-order valence-electron chi connectivity index (χ2n) is 3.29. The summed E-state index contributed by atoms with van der Waals surface area (Å²) in [4.78, 5) is 19.5. The number of hydrogen-bond donors (Lipinski definition) is 2. The second kappa shape index (κ2) is 5.06. The molecule has 1 aliphatic rings. The molecule has 1 aromatic heterocycles. The van der Waals surface area contributed by atoms with Crippen LogP contribution in [0.25, 0.3) is 0 Å². The zero-order chi connectivity index (χ0) is 11.2. The first kappa shape index (κ1) is 10.4. The number of pyridine rings is 1. The highest BCUT2D eigenvalue weighted by Crippen LogP contribution is 1.97. The lowest BCUT2D eigenvalue weighted by Crippen LogP contribution is -2.32. The van der Waals surface area contributed by atoms with Gasteiger partial charge in [0.25, 0.3) is 5.91 Å². The quantitative estimate of drug-likeness (QED) is 0.759. The van der Waals surface area contributed by atoms with Crippen molar-refractivity contribution < 1.29 is 4.79 Å². The lowest BCUT2D eigenvalue weighted by Gasteiger charge is -2.10. The van der Waals surface area contributed by atoms with Crippen LogP contribution in [0, 0.1) is 0 Å². The number of carbonyl (C=O) groups is 1. The molecule has 1 aliphatic heterocycles. The fourth-order valence-corrected chi connectivity index (χ4v) is 1.31. The lowest BCUT2D eigenvalue weighted by molar-refractivity contribution is -0.117. The van der Waals surface area contributed by atoms with Crippen molar-refractivity contribution in [2.45, 2.75) is 6.54 Å². The predicted octanol–water partition coefficient (Wildman–Crippen LogP) is 0.213. The number of hydrogen-bond acceptors (Lipinski definition) is 4. The third-order valence-corrected chi connectivity index (χ3v) is 2.16. The fraction of sp³-hybridized carbons (Fsp3) is 0.182. The van der Waals surface area contributed by atoms with Crippen LogP contribution in [0.1, 0.15) is 5.56 Å². The first-order valence-electron chi connectivity index (χ1n) is 4.98. The van der Waals surface area contributed by atoms with E-state index in [2.05, 4.69) is 20.6 Å². The molecule has 82 valence electrons. The summed E-state index contributed by atoms with van der Waals surface area (Å²) in [5, 5.41) is 5.61. The molecule has 0 aliphatic carbocycles. The van der Waals surface area contributed by atoms with Crippen LogP contribution in [0.4, 0.5) is 0 Å². The van der Waals surface area contributed by atoms with Crippen LogP contribution in [-0.2, 0) is 11.3 Å². The molecular weight excluding hydrogens is 204 g/mol. The van der Waals surface area contributed by atoms with E-state index < -0.39 is 0 Å². The molecule has 5 nitrogen and oxygen atoms in total. The highest BCUT2D eigenvalue weighted by atomic mass is 16.2. The van der Waals surface area contributed by atoms with Gasteiger partial charge in [-0.3, -0.25) is 14.8 Å². The van der Waals surface area contributed by atoms with E-state index in [-0.39, 0.29) is 5.91 Å². The van der Waals surface area contributed by atoms with Gasteiger partial charge in [0.15, 0.2) is 0 Å². The molecule has 0 aromatic carbocycles. The molecule has 2 N–H and O–H groups in total. The van der Waals surface area contributed by atoms with Gasteiger partial charge in [-0.1, -0.05) is 0 Å². The number of aliphatic imine (C=N–C) groups is 1. The van der Waals surface area contributed by atoms with Crippen molar-refractivity contribution in [3.05, 3.63) is 41.9 Å². The van der Waals surface area contributed by atoms with Gasteiger partial charge in [0.1, 0.15) is 5.70 Å². The van der Waals surface area contributed by atoms with Crippen molar-refractivity contribution in [2.75, 3.05) is 6.54 Å². The van der Waals surface area contributed by atoms with Crippen molar-refractivity contribution in [1.29, 1.82) is 0 Å². The van der Waals surface area contributed by atoms with E-state index in [1.165, 1.54) is 6.34 Å². The molecule has 0 spiro atoms. The SMILES string of the molecule is O=C(NCc1ccncc1)C1=CCN=CN1. The van der Waals surface area contributed by atoms with E-state index in [0.717, 1.165) is 5.56 Å². The number of carbonyl (C=O) groups excluding carboxylic acids is 1. The Hall–Kier alpha value is -2.17. The summed E-state index contributed by atoms with van der Waals surface area (Å²) in [7, 11) is 0.